The summed E-state index contributed by atoms with van der Waals surface area (Å²) in [6.07, 6.45) is -5.01. The molecule has 0 amide bonds. The van der Waals surface area contributed by atoms with Crippen LogP contribution in [0.2, 0.25) is 0 Å². The number of ether oxygens (including phenoxy) is 2. The van der Waals surface area contributed by atoms with Gasteiger partial charge in [0.05, 0.1) is 10.9 Å². The third-order valence-corrected chi connectivity index (χ3v) is 5.97. The monoisotopic (exact) mass is 510 g/mol. The Morgan fingerprint density at radius 2 is 1.49 bits per heavy atom. The van der Waals surface area contributed by atoms with Crippen LogP contribution in [-0.2, 0) is 11.6 Å². The summed E-state index contributed by atoms with van der Waals surface area (Å²) in [6.45, 7) is 9.73. The minimum Gasteiger partial charge on any atom is -0.449 e. The topological polar surface area (TPSA) is 65.7 Å². The first-order valence-corrected chi connectivity index (χ1v) is 11.5. The lowest BCUT2D eigenvalue weighted by Gasteiger charge is -2.19. The fourth-order valence-electron chi connectivity index (χ4n) is 3.67. The molecule has 192 valence electrons. The zero-order valence-corrected chi connectivity index (χ0v) is 20.9. The van der Waals surface area contributed by atoms with E-state index in [0.29, 0.717) is 0 Å². The van der Waals surface area contributed by atoms with E-state index in [4.69, 9.17) is 13.9 Å². The van der Waals surface area contributed by atoms with Gasteiger partial charge in [-0.1, -0.05) is 39.0 Å². The van der Waals surface area contributed by atoms with Crippen LogP contribution in [0, 0.1) is 13.8 Å². The number of halogens is 3. The molecule has 5 nitrogen and oxygen atoms in total. The van der Waals surface area contributed by atoms with E-state index in [9.17, 15) is 22.8 Å². The quantitative estimate of drug-likeness (QED) is 0.208. The number of esters is 1. The van der Waals surface area contributed by atoms with Crippen molar-refractivity contribution in [1.29, 1.82) is 0 Å². The predicted octanol–water partition coefficient (Wildman–Crippen LogP) is 7.74. The van der Waals surface area contributed by atoms with Gasteiger partial charge in [-0.25, -0.2) is 4.79 Å². The SMILES string of the molecule is Cc1ccc(C(=O)Oc2ccc3c(=O)c(Oc4ccc(C(C)(C)C)cc4)c(C(F)(F)F)oc3c2)cc1C. The van der Waals surface area contributed by atoms with Gasteiger partial charge in [-0.3, -0.25) is 4.79 Å². The Bertz CT molecular complexity index is 1540. The van der Waals surface area contributed by atoms with E-state index in [-0.39, 0.29) is 27.9 Å². The zero-order chi connectivity index (χ0) is 27.1. The molecule has 0 aliphatic heterocycles. The molecule has 0 aliphatic rings. The van der Waals surface area contributed by atoms with Crippen LogP contribution >= 0.6 is 0 Å². The lowest BCUT2D eigenvalue weighted by molar-refractivity contribution is -0.154. The second-order valence-electron chi connectivity index (χ2n) is 9.81. The molecule has 37 heavy (non-hydrogen) atoms. The Morgan fingerprint density at radius 3 is 2.08 bits per heavy atom. The van der Waals surface area contributed by atoms with E-state index in [1.165, 1.54) is 24.3 Å². The van der Waals surface area contributed by atoms with Gasteiger partial charge < -0.3 is 13.9 Å². The molecular formula is C29H25F3O5. The number of fused-ring (bicyclic) bond motifs is 1. The summed E-state index contributed by atoms with van der Waals surface area (Å²) in [5, 5.41) is -0.153. The van der Waals surface area contributed by atoms with E-state index < -0.39 is 34.7 Å². The van der Waals surface area contributed by atoms with Crippen LogP contribution in [0.5, 0.6) is 17.2 Å². The van der Waals surface area contributed by atoms with Crippen molar-refractivity contribution in [2.45, 2.75) is 46.2 Å². The number of aryl methyl sites for hydroxylation is 2. The van der Waals surface area contributed by atoms with E-state index >= 15 is 0 Å². The fraction of sp³-hybridized carbons (Fsp3) is 0.241. The molecule has 0 aliphatic carbocycles. The Morgan fingerprint density at radius 1 is 0.838 bits per heavy atom. The van der Waals surface area contributed by atoms with Crippen molar-refractivity contribution in [2.75, 3.05) is 0 Å². The first-order chi connectivity index (χ1) is 17.2. The molecule has 0 atom stereocenters. The highest BCUT2D eigenvalue weighted by atomic mass is 19.4. The molecule has 1 aromatic heterocycles. The van der Waals surface area contributed by atoms with Crippen LogP contribution in [0.1, 0.15) is 53.6 Å². The molecule has 3 aromatic carbocycles. The van der Waals surface area contributed by atoms with Crippen molar-refractivity contribution in [2.24, 2.45) is 0 Å². The van der Waals surface area contributed by atoms with Gasteiger partial charge in [0.25, 0.3) is 5.76 Å². The maximum absolute atomic E-state index is 13.9. The van der Waals surface area contributed by atoms with Gasteiger partial charge in [0.1, 0.15) is 17.1 Å². The van der Waals surface area contributed by atoms with Crippen molar-refractivity contribution in [3.05, 3.63) is 98.9 Å². The lowest BCUT2D eigenvalue weighted by atomic mass is 9.87. The predicted molar refractivity (Wildman–Crippen MR) is 134 cm³/mol. The Kier molecular flexibility index (Phi) is 6.62. The van der Waals surface area contributed by atoms with Crippen molar-refractivity contribution < 1.29 is 31.9 Å². The Labute approximate surface area is 211 Å². The first-order valence-electron chi connectivity index (χ1n) is 11.5. The summed E-state index contributed by atoms with van der Waals surface area (Å²) in [5.74, 6) is -3.26. The molecule has 0 N–H and O–H groups in total. The second-order valence-corrected chi connectivity index (χ2v) is 9.81. The van der Waals surface area contributed by atoms with Crippen LogP contribution < -0.4 is 14.9 Å². The van der Waals surface area contributed by atoms with Crippen LogP contribution in [0.15, 0.2) is 69.9 Å². The molecule has 0 unspecified atom stereocenters. The van der Waals surface area contributed by atoms with Gasteiger partial charge in [0.2, 0.25) is 11.2 Å². The summed E-state index contributed by atoms with van der Waals surface area (Å²) in [7, 11) is 0. The third-order valence-electron chi connectivity index (χ3n) is 5.97. The first kappa shape index (κ1) is 26.0. The van der Waals surface area contributed by atoms with Gasteiger partial charge in [0, 0.05) is 6.07 Å². The normalized spacial score (nSPS) is 12.0. The maximum atomic E-state index is 13.9. The molecule has 0 bridgehead atoms. The highest BCUT2D eigenvalue weighted by molar-refractivity contribution is 5.92. The number of hydrogen-bond acceptors (Lipinski definition) is 5. The Balaban J connectivity index is 1.71. The molecule has 0 saturated heterocycles. The van der Waals surface area contributed by atoms with Crippen molar-refractivity contribution in [3.8, 4) is 17.2 Å². The minimum absolute atomic E-state index is 0.0593. The summed E-state index contributed by atoms with van der Waals surface area (Å²) < 4.78 is 57.5. The number of hydrogen-bond donors (Lipinski definition) is 0. The highest BCUT2D eigenvalue weighted by Gasteiger charge is 2.40. The van der Waals surface area contributed by atoms with Gasteiger partial charge in [-0.2, -0.15) is 13.2 Å². The number of carbonyl (C=O) groups is 1. The van der Waals surface area contributed by atoms with Crippen LogP contribution in [0.4, 0.5) is 13.2 Å². The number of rotatable bonds is 4. The molecule has 0 saturated carbocycles. The summed E-state index contributed by atoms with van der Waals surface area (Å²) in [5.41, 5.74) is 1.54. The van der Waals surface area contributed by atoms with Gasteiger partial charge in [-0.05, 0) is 72.4 Å². The summed E-state index contributed by atoms with van der Waals surface area (Å²) in [4.78, 5) is 25.6. The fourth-order valence-corrected chi connectivity index (χ4v) is 3.67. The van der Waals surface area contributed by atoms with E-state index in [2.05, 4.69) is 0 Å². The zero-order valence-electron chi connectivity index (χ0n) is 20.9. The average Bonchev–Trinajstić information content (AvgIpc) is 2.81. The van der Waals surface area contributed by atoms with Crippen molar-refractivity contribution in [1.82, 2.24) is 0 Å². The van der Waals surface area contributed by atoms with Crippen LogP contribution in [-0.4, -0.2) is 5.97 Å². The van der Waals surface area contributed by atoms with Crippen molar-refractivity contribution in [3.63, 3.8) is 0 Å². The molecule has 1 heterocycles. The molecule has 4 aromatic rings. The van der Waals surface area contributed by atoms with Crippen LogP contribution in [0.25, 0.3) is 11.0 Å². The molecule has 0 spiro atoms. The van der Waals surface area contributed by atoms with E-state index in [1.807, 2.05) is 34.6 Å². The lowest BCUT2D eigenvalue weighted by Crippen LogP contribution is -2.16. The second kappa shape index (κ2) is 9.42. The highest BCUT2D eigenvalue weighted by Crippen LogP contribution is 2.39. The van der Waals surface area contributed by atoms with Crippen LogP contribution in [0.3, 0.4) is 0 Å². The van der Waals surface area contributed by atoms with E-state index in [0.717, 1.165) is 22.8 Å². The maximum Gasteiger partial charge on any atom is 0.453 e. The molecular weight excluding hydrogens is 485 g/mol. The number of carbonyl (C=O) groups excluding carboxylic acids is 1. The number of alkyl halides is 3. The van der Waals surface area contributed by atoms with E-state index in [1.54, 1.807) is 30.3 Å². The van der Waals surface area contributed by atoms with Gasteiger partial charge in [0.15, 0.2) is 0 Å². The van der Waals surface area contributed by atoms with Gasteiger partial charge >= 0.3 is 12.1 Å². The molecule has 0 radical (unpaired) electrons. The smallest absolute Gasteiger partial charge is 0.449 e. The summed E-state index contributed by atoms with van der Waals surface area (Å²) in [6, 6.07) is 15.1. The average molecular weight is 511 g/mol. The third kappa shape index (κ3) is 5.53. The standard InChI is InChI=1S/C29H25F3O5/c1-16-6-7-18(14-17(16)2)27(34)36-21-12-13-22-23(15-21)37-26(29(30,31)32)25(24(22)33)35-20-10-8-19(9-11-20)28(3,4)5/h6-15H,1-5H3. The summed E-state index contributed by atoms with van der Waals surface area (Å²) >= 11 is 0. The van der Waals surface area contributed by atoms with Crippen molar-refractivity contribution >= 4 is 16.9 Å². The largest absolute Gasteiger partial charge is 0.453 e. The van der Waals surface area contributed by atoms with Gasteiger partial charge in [-0.15, -0.1) is 0 Å². The Hall–Kier alpha value is -4.07. The molecule has 0 fully saturated rings. The number of benzene rings is 3. The molecule has 4 rings (SSSR count). The minimum atomic E-state index is -5.01. The molecule has 8 heteroatoms.